The maximum Gasteiger partial charge on any atom is 0.311 e. The third-order valence-electron chi connectivity index (χ3n) is 2.47. The van der Waals surface area contributed by atoms with Crippen molar-refractivity contribution >= 4 is 11.9 Å². The number of ether oxygens (including phenoxy) is 2. The lowest BCUT2D eigenvalue weighted by Gasteiger charge is -2.09. The molecule has 1 N–H and O–H groups in total. The Morgan fingerprint density at radius 1 is 1.26 bits per heavy atom. The average Bonchev–Trinajstić information content (AvgIpc) is 2.36. The second kappa shape index (κ2) is 7.41. The van der Waals surface area contributed by atoms with Crippen molar-refractivity contribution in [3.63, 3.8) is 0 Å². The van der Waals surface area contributed by atoms with Gasteiger partial charge in [-0.25, -0.2) is 0 Å². The van der Waals surface area contributed by atoms with Gasteiger partial charge in [0, 0.05) is 19.9 Å². The molecule has 1 amide bonds. The predicted octanol–water partition coefficient (Wildman–Crippen LogP) is 1.83. The molecule has 0 bridgehead atoms. The van der Waals surface area contributed by atoms with Gasteiger partial charge in [-0.05, 0) is 31.0 Å². The zero-order chi connectivity index (χ0) is 14.3. The molecule has 1 aromatic carbocycles. The molecule has 0 heterocycles. The number of rotatable bonds is 6. The van der Waals surface area contributed by atoms with Crippen LogP contribution in [0.4, 0.5) is 0 Å². The fraction of sp³-hybridized carbons (Fsp3) is 0.429. The Balaban J connectivity index is 2.46. The molecule has 0 saturated heterocycles. The molecule has 1 aromatic rings. The standard InChI is InChI=1S/C14H19NO4/c1-10-6-7-12(13(9-10)18-3)19-14(17)5-4-8-15-11(2)16/h6-7,9H,4-5,8H2,1-3H3,(H,15,16). The summed E-state index contributed by atoms with van der Waals surface area (Å²) < 4.78 is 10.4. The number of esters is 1. The predicted molar refractivity (Wildman–Crippen MR) is 71.3 cm³/mol. The van der Waals surface area contributed by atoms with Crippen LogP contribution in [-0.2, 0) is 9.59 Å². The third-order valence-corrected chi connectivity index (χ3v) is 2.47. The van der Waals surface area contributed by atoms with Crippen LogP contribution in [0.2, 0.25) is 0 Å². The van der Waals surface area contributed by atoms with Crippen molar-refractivity contribution in [1.29, 1.82) is 0 Å². The Kier molecular flexibility index (Phi) is 5.85. The molecule has 0 radical (unpaired) electrons. The Morgan fingerprint density at radius 3 is 2.63 bits per heavy atom. The van der Waals surface area contributed by atoms with Crippen LogP contribution in [0.25, 0.3) is 0 Å². The first-order valence-electron chi connectivity index (χ1n) is 6.12. The topological polar surface area (TPSA) is 64.6 Å². The fourth-order valence-electron chi connectivity index (χ4n) is 1.53. The monoisotopic (exact) mass is 265 g/mol. The highest BCUT2D eigenvalue weighted by Crippen LogP contribution is 2.28. The second-order valence-electron chi connectivity index (χ2n) is 4.21. The molecule has 104 valence electrons. The SMILES string of the molecule is COc1cc(C)ccc1OC(=O)CCCNC(C)=O. The first kappa shape index (κ1) is 15.0. The number of carbonyl (C=O) groups excluding carboxylic acids is 2. The van der Waals surface area contributed by atoms with Crippen LogP contribution in [0.1, 0.15) is 25.3 Å². The summed E-state index contributed by atoms with van der Waals surface area (Å²) >= 11 is 0. The quantitative estimate of drug-likeness (QED) is 0.484. The molecular formula is C14H19NO4. The van der Waals surface area contributed by atoms with Gasteiger partial charge >= 0.3 is 5.97 Å². The summed E-state index contributed by atoms with van der Waals surface area (Å²) in [6.45, 7) is 3.84. The van der Waals surface area contributed by atoms with Gasteiger partial charge in [0.25, 0.3) is 0 Å². The number of hydrogen-bond donors (Lipinski definition) is 1. The number of amides is 1. The van der Waals surface area contributed by atoms with Gasteiger partial charge in [0.15, 0.2) is 11.5 Å². The van der Waals surface area contributed by atoms with Gasteiger partial charge in [0.05, 0.1) is 7.11 Å². The van der Waals surface area contributed by atoms with Crippen molar-refractivity contribution < 1.29 is 19.1 Å². The molecule has 5 heteroatoms. The van der Waals surface area contributed by atoms with E-state index in [2.05, 4.69) is 5.32 Å². The van der Waals surface area contributed by atoms with E-state index in [9.17, 15) is 9.59 Å². The van der Waals surface area contributed by atoms with Crippen LogP contribution in [0.5, 0.6) is 11.5 Å². The van der Waals surface area contributed by atoms with E-state index in [1.807, 2.05) is 13.0 Å². The highest BCUT2D eigenvalue weighted by atomic mass is 16.6. The van der Waals surface area contributed by atoms with Crippen molar-refractivity contribution in [3.05, 3.63) is 23.8 Å². The molecule has 19 heavy (non-hydrogen) atoms. The number of carbonyl (C=O) groups is 2. The van der Waals surface area contributed by atoms with Crippen LogP contribution in [0.15, 0.2) is 18.2 Å². The van der Waals surface area contributed by atoms with Crippen molar-refractivity contribution in [2.45, 2.75) is 26.7 Å². The fourth-order valence-corrected chi connectivity index (χ4v) is 1.53. The minimum absolute atomic E-state index is 0.103. The number of aryl methyl sites for hydroxylation is 1. The zero-order valence-corrected chi connectivity index (χ0v) is 11.5. The van der Waals surface area contributed by atoms with Crippen molar-refractivity contribution in [2.24, 2.45) is 0 Å². The van der Waals surface area contributed by atoms with Crippen molar-refractivity contribution in [1.82, 2.24) is 5.32 Å². The van der Waals surface area contributed by atoms with Crippen LogP contribution in [-0.4, -0.2) is 25.5 Å². The minimum atomic E-state index is -0.340. The van der Waals surface area contributed by atoms with Gasteiger partial charge in [0.2, 0.25) is 5.91 Å². The van der Waals surface area contributed by atoms with E-state index in [4.69, 9.17) is 9.47 Å². The summed E-state index contributed by atoms with van der Waals surface area (Å²) in [5, 5.41) is 2.62. The van der Waals surface area contributed by atoms with Gasteiger partial charge in [-0.2, -0.15) is 0 Å². The Bertz CT molecular complexity index is 457. The highest BCUT2D eigenvalue weighted by molar-refractivity contribution is 5.74. The molecule has 0 saturated carbocycles. The van der Waals surface area contributed by atoms with Gasteiger partial charge in [-0.1, -0.05) is 6.07 Å². The lowest BCUT2D eigenvalue weighted by Crippen LogP contribution is -2.22. The molecule has 0 aliphatic heterocycles. The maximum atomic E-state index is 11.6. The Labute approximate surface area is 112 Å². The third kappa shape index (κ3) is 5.42. The maximum absolute atomic E-state index is 11.6. The number of methoxy groups -OCH3 is 1. The molecule has 0 fully saturated rings. The molecular weight excluding hydrogens is 246 g/mol. The van der Waals surface area contributed by atoms with E-state index < -0.39 is 0 Å². The zero-order valence-electron chi connectivity index (χ0n) is 11.5. The van der Waals surface area contributed by atoms with Gasteiger partial charge in [-0.15, -0.1) is 0 Å². The summed E-state index contributed by atoms with van der Waals surface area (Å²) in [4.78, 5) is 22.3. The number of hydrogen-bond acceptors (Lipinski definition) is 4. The van der Waals surface area contributed by atoms with Crippen LogP contribution >= 0.6 is 0 Å². The smallest absolute Gasteiger partial charge is 0.311 e. The normalized spacial score (nSPS) is 9.84. The van der Waals surface area contributed by atoms with Gasteiger partial charge < -0.3 is 14.8 Å². The molecule has 1 rings (SSSR count). The largest absolute Gasteiger partial charge is 0.493 e. The lowest BCUT2D eigenvalue weighted by atomic mass is 10.2. The summed E-state index contributed by atoms with van der Waals surface area (Å²) in [6, 6.07) is 5.36. The first-order chi connectivity index (χ1) is 9.02. The average molecular weight is 265 g/mol. The first-order valence-corrected chi connectivity index (χ1v) is 6.12. The lowest BCUT2D eigenvalue weighted by molar-refractivity contribution is -0.134. The molecule has 5 nitrogen and oxygen atoms in total. The summed E-state index contributed by atoms with van der Waals surface area (Å²) in [5.41, 5.74) is 1.03. The van der Waals surface area contributed by atoms with Gasteiger partial charge in [-0.3, -0.25) is 9.59 Å². The van der Waals surface area contributed by atoms with Gasteiger partial charge in [0.1, 0.15) is 0 Å². The molecule has 0 unspecified atom stereocenters. The molecule has 0 atom stereocenters. The van der Waals surface area contributed by atoms with E-state index in [-0.39, 0.29) is 18.3 Å². The molecule has 0 aliphatic rings. The molecule has 0 aromatic heterocycles. The van der Waals surface area contributed by atoms with Crippen LogP contribution in [0, 0.1) is 6.92 Å². The summed E-state index contributed by atoms with van der Waals surface area (Å²) in [7, 11) is 1.53. The number of benzene rings is 1. The van der Waals surface area contributed by atoms with E-state index in [0.29, 0.717) is 24.5 Å². The number of nitrogens with one attached hydrogen (secondary N) is 1. The van der Waals surface area contributed by atoms with Crippen molar-refractivity contribution in [3.8, 4) is 11.5 Å². The Hall–Kier alpha value is -2.04. The summed E-state index contributed by atoms with van der Waals surface area (Å²) in [6.07, 6.45) is 0.796. The van der Waals surface area contributed by atoms with Crippen LogP contribution in [0.3, 0.4) is 0 Å². The van der Waals surface area contributed by atoms with E-state index in [0.717, 1.165) is 5.56 Å². The molecule has 0 aliphatic carbocycles. The van der Waals surface area contributed by atoms with Crippen molar-refractivity contribution in [2.75, 3.05) is 13.7 Å². The summed E-state index contributed by atoms with van der Waals surface area (Å²) in [5.74, 6) is 0.508. The minimum Gasteiger partial charge on any atom is -0.493 e. The second-order valence-corrected chi connectivity index (χ2v) is 4.21. The molecule has 0 spiro atoms. The highest BCUT2D eigenvalue weighted by Gasteiger charge is 2.09. The van der Waals surface area contributed by atoms with E-state index in [1.165, 1.54) is 14.0 Å². The van der Waals surface area contributed by atoms with E-state index >= 15 is 0 Å². The van der Waals surface area contributed by atoms with Crippen LogP contribution < -0.4 is 14.8 Å². The Morgan fingerprint density at radius 2 is 2.00 bits per heavy atom. The van der Waals surface area contributed by atoms with E-state index in [1.54, 1.807) is 12.1 Å².